The van der Waals surface area contributed by atoms with Crippen LogP contribution in [0, 0.1) is 0 Å². The summed E-state index contributed by atoms with van der Waals surface area (Å²) in [5.41, 5.74) is -0.258. The molecule has 1 unspecified atom stereocenters. The number of para-hydroxylation sites is 1. The van der Waals surface area contributed by atoms with E-state index < -0.39 is 11.5 Å². The molecule has 5 nitrogen and oxygen atoms in total. The summed E-state index contributed by atoms with van der Waals surface area (Å²) in [6.45, 7) is 2.33. The van der Waals surface area contributed by atoms with E-state index in [-0.39, 0.29) is 12.3 Å². The van der Waals surface area contributed by atoms with E-state index in [9.17, 15) is 14.7 Å². The Hall–Kier alpha value is -2.04. The summed E-state index contributed by atoms with van der Waals surface area (Å²) in [7, 11) is 1.56. The fraction of sp³-hybridized carbons (Fsp3) is 0.500. The van der Waals surface area contributed by atoms with Gasteiger partial charge in [-0.15, -0.1) is 0 Å². The Bertz CT molecular complexity index is 543. The number of methoxy groups -OCH3 is 1. The van der Waals surface area contributed by atoms with Crippen LogP contribution < -0.4 is 4.74 Å². The van der Waals surface area contributed by atoms with Crippen molar-refractivity contribution in [2.45, 2.75) is 38.1 Å². The van der Waals surface area contributed by atoms with Gasteiger partial charge in [0.25, 0.3) is 0 Å². The lowest BCUT2D eigenvalue weighted by Gasteiger charge is -2.34. The van der Waals surface area contributed by atoms with Crippen molar-refractivity contribution >= 4 is 11.9 Å². The van der Waals surface area contributed by atoms with Crippen LogP contribution in [0.1, 0.15) is 31.7 Å². The Balaban J connectivity index is 2.22. The summed E-state index contributed by atoms with van der Waals surface area (Å²) >= 11 is 0. The number of benzene rings is 1. The van der Waals surface area contributed by atoms with Gasteiger partial charge in [-0.3, -0.25) is 4.79 Å². The van der Waals surface area contributed by atoms with Gasteiger partial charge in [0.2, 0.25) is 5.91 Å². The van der Waals surface area contributed by atoms with Gasteiger partial charge in [0.15, 0.2) is 0 Å². The first-order valence-corrected chi connectivity index (χ1v) is 7.21. The molecule has 1 aliphatic heterocycles. The maximum atomic E-state index is 12.6. The Morgan fingerprint density at radius 3 is 2.71 bits per heavy atom. The number of nitrogens with zero attached hydrogens (tertiary/aromatic N) is 1. The van der Waals surface area contributed by atoms with E-state index in [1.165, 1.54) is 4.90 Å². The van der Waals surface area contributed by atoms with Gasteiger partial charge in [-0.05, 0) is 25.3 Å². The molecule has 1 atom stereocenters. The van der Waals surface area contributed by atoms with Crippen LogP contribution >= 0.6 is 0 Å². The summed E-state index contributed by atoms with van der Waals surface area (Å²) in [6, 6.07) is 7.33. The number of carbonyl (C=O) groups excluding carboxylic acids is 1. The minimum absolute atomic E-state index is 0.152. The SMILES string of the molecule is CCC1(C(=O)O)CCCN1C(=O)Cc1ccccc1OC. The molecule has 5 heteroatoms. The molecule has 1 fully saturated rings. The van der Waals surface area contributed by atoms with Gasteiger partial charge in [0.1, 0.15) is 11.3 Å². The number of amides is 1. The molecule has 0 radical (unpaired) electrons. The third-order valence-corrected chi connectivity index (χ3v) is 4.31. The molecule has 0 spiro atoms. The maximum Gasteiger partial charge on any atom is 0.329 e. The van der Waals surface area contributed by atoms with E-state index in [2.05, 4.69) is 0 Å². The summed E-state index contributed by atoms with van der Waals surface area (Å²) in [5, 5.41) is 9.53. The van der Waals surface area contributed by atoms with Crippen LogP contribution in [0.3, 0.4) is 0 Å². The Labute approximate surface area is 124 Å². The third-order valence-electron chi connectivity index (χ3n) is 4.31. The Kier molecular flexibility index (Phi) is 4.50. The average molecular weight is 291 g/mol. The highest BCUT2D eigenvalue weighted by Crippen LogP contribution is 2.33. The smallest absolute Gasteiger partial charge is 0.329 e. The second-order valence-corrected chi connectivity index (χ2v) is 5.33. The van der Waals surface area contributed by atoms with Crippen molar-refractivity contribution in [2.75, 3.05) is 13.7 Å². The van der Waals surface area contributed by atoms with E-state index >= 15 is 0 Å². The summed E-state index contributed by atoms with van der Waals surface area (Å²) < 4.78 is 5.25. The van der Waals surface area contributed by atoms with Crippen molar-refractivity contribution in [1.82, 2.24) is 4.90 Å². The van der Waals surface area contributed by atoms with E-state index in [0.717, 1.165) is 12.0 Å². The van der Waals surface area contributed by atoms with Crippen molar-refractivity contribution in [2.24, 2.45) is 0 Å². The lowest BCUT2D eigenvalue weighted by molar-refractivity contribution is -0.156. The molecule has 1 N–H and O–H groups in total. The van der Waals surface area contributed by atoms with Gasteiger partial charge in [-0.1, -0.05) is 25.1 Å². The maximum absolute atomic E-state index is 12.6. The third kappa shape index (κ3) is 2.73. The van der Waals surface area contributed by atoms with Crippen molar-refractivity contribution in [3.63, 3.8) is 0 Å². The average Bonchev–Trinajstić information content (AvgIpc) is 2.93. The molecule has 114 valence electrons. The molecule has 0 aromatic heterocycles. The number of aliphatic carboxylic acids is 1. The first-order chi connectivity index (χ1) is 10.0. The Morgan fingerprint density at radius 2 is 2.10 bits per heavy atom. The minimum Gasteiger partial charge on any atom is -0.496 e. The van der Waals surface area contributed by atoms with Gasteiger partial charge >= 0.3 is 5.97 Å². The molecule has 1 aromatic rings. The van der Waals surface area contributed by atoms with Gasteiger partial charge < -0.3 is 14.7 Å². The fourth-order valence-corrected chi connectivity index (χ4v) is 3.09. The molecule has 1 amide bonds. The standard InChI is InChI=1S/C16H21NO4/c1-3-16(15(19)20)9-6-10-17(16)14(18)11-12-7-4-5-8-13(12)21-2/h4-5,7-8H,3,6,9-11H2,1-2H3,(H,19,20). The number of carboxylic acid groups (broad SMARTS) is 1. The predicted octanol–water partition coefficient (Wildman–Crippen LogP) is 2.09. The highest BCUT2D eigenvalue weighted by Gasteiger charge is 2.48. The molecule has 0 aliphatic carbocycles. The molecule has 1 aliphatic rings. The number of rotatable bonds is 5. The van der Waals surface area contributed by atoms with Crippen molar-refractivity contribution < 1.29 is 19.4 Å². The van der Waals surface area contributed by atoms with Gasteiger partial charge in [-0.2, -0.15) is 0 Å². The molecule has 0 saturated carbocycles. The van der Waals surface area contributed by atoms with Crippen LogP contribution in [-0.4, -0.2) is 41.1 Å². The van der Waals surface area contributed by atoms with Crippen LogP contribution in [0.5, 0.6) is 5.75 Å². The van der Waals surface area contributed by atoms with Gasteiger partial charge in [-0.25, -0.2) is 4.79 Å². The summed E-state index contributed by atoms with van der Waals surface area (Å²) in [4.78, 5) is 25.7. The molecule has 1 saturated heterocycles. The molecule has 2 rings (SSSR count). The largest absolute Gasteiger partial charge is 0.496 e. The molecular formula is C16H21NO4. The zero-order valence-electron chi connectivity index (χ0n) is 12.5. The molecule has 21 heavy (non-hydrogen) atoms. The number of ether oxygens (including phenoxy) is 1. The van der Waals surface area contributed by atoms with Crippen molar-refractivity contribution in [1.29, 1.82) is 0 Å². The first kappa shape index (κ1) is 15.4. The van der Waals surface area contributed by atoms with E-state index in [1.54, 1.807) is 13.2 Å². The number of hydrogen-bond donors (Lipinski definition) is 1. The quantitative estimate of drug-likeness (QED) is 0.902. The van der Waals surface area contributed by atoms with Crippen LogP contribution in [0.4, 0.5) is 0 Å². The minimum atomic E-state index is -1.04. The normalized spacial score (nSPS) is 21.3. The molecule has 0 bridgehead atoms. The van der Waals surface area contributed by atoms with Crippen LogP contribution in [-0.2, 0) is 16.0 Å². The van der Waals surface area contributed by atoms with E-state index in [4.69, 9.17) is 4.74 Å². The number of likely N-dealkylation sites (tertiary alicyclic amines) is 1. The number of hydrogen-bond acceptors (Lipinski definition) is 3. The Morgan fingerprint density at radius 1 is 1.38 bits per heavy atom. The highest BCUT2D eigenvalue weighted by atomic mass is 16.5. The number of carboxylic acids is 1. The van der Waals surface area contributed by atoms with E-state index in [0.29, 0.717) is 25.1 Å². The topological polar surface area (TPSA) is 66.8 Å². The van der Waals surface area contributed by atoms with Crippen LogP contribution in [0.2, 0.25) is 0 Å². The van der Waals surface area contributed by atoms with Crippen LogP contribution in [0.15, 0.2) is 24.3 Å². The second kappa shape index (κ2) is 6.16. The summed E-state index contributed by atoms with van der Waals surface area (Å²) in [5.74, 6) is -0.403. The number of carbonyl (C=O) groups is 2. The fourth-order valence-electron chi connectivity index (χ4n) is 3.09. The predicted molar refractivity (Wildman–Crippen MR) is 78.3 cm³/mol. The van der Waals surface area contributed by atoms with E-state index in [1.807, 2.05) is 25.1 Å². The lowest BCUT2D eigenvalue weighted by atomic mass is 9.92. The lowest BCUT2D eigenvalue weighted by Crippen LogP contribution is -2.53. The molecular weight excluding hydrogens is 270 g/mol. The molecule has 1 heterocycles. The van der Waals surface area contributed by atoms with Crippen molar-refractivity contribution in [3.05, 3.63) is 29.8 Å². The van der Waals surface area contributed by atoms with Gasteiger partial charge in [0, 0.05) is 12.1 Å². The van der Waals surface area contributed by atoms with Crippen molar-refractivity contribution in [3.8, 4) is 5.75 Å². The zero-order valence-corrected chi connectivity index (χ0v) is 12.5. The zero-order chi connectivity index (χ0) is 15.5. The second-order valence-electron chi connectivity index (χ2n) is 5.33. The first-order valence-electron chi connectivity index (χ1n) is 7.21. The van der Waals surface area contributed by atoms with Crippen LogP contribution in [0.25, 0.3) is 0 Å². The van der Waals surface area contributed by atoms with Gasteiger partial charge in [0.05, 0.1) is 13.5 Å². The summed E-state index contributed by atoms with van der Waals surface area (Å²) in [6.07, 6.45) is 1.85. The highest BCUT2D eigenvalue weighted by molar-refractivity contribution is 5.89. The molecule has 1 aromatic carbocycles. The monoisotopic (exact) mass is 291 g/mol.